The minimum atomic E-state index is -0.908. The van der Waals surface area contributed by atoms with Crippen molar-refractivity contribution >= 4 is 17.6 Å². The third-order valence-electron chi connectivity index (χ3n) is 3.45. The Morgan fingerprint density at radius 2 is 2.00 bits per heavy atom. The normalized spacial score (nSPS) is 12.4. The Balaban J connectivity index is 2.20. The molecule has 0 aliphatic rings. The molecule has 0 radical (unpaired) electrons. The van der Waals surface area contributed by atoms with E-state index in [1.54, 1.807) is 30.8 Å². The molecule has 2 rings (SSSR count). The van der Waals surface area contributed by atoms with Gasteiger partial charge < -0.3 is 5.11 Å². The van der Waals surface area contributed by atoms with Crippen molar-refractivity contribution in [1.82, 2.24) is 9.78 Å². The number of carboxylic acids is 1. The summed E-state index contributed by atoms with van der Waals surface area (Å²) in [6.07, 6.45) is 0.596. The Morgan fingerprint density at radius 1 is 1.38 bits per heavy atom. The van der Waals surface area contributed by atoms with Crippen LogP contribution in [0.1, 0.15) is 17.0 Å². The van der Waals surface area contributed by atoms with Crippen LogP contribution in [-0.2, 0) is 24.7 Å². The van der Waals surface area contributed by atoms with Gasteiger partial charge in [-0.15, -0.1) is 0 Å². The summed E-state index contributed by atoms with van der Waals surface area (Å²) >= 11 is 6.16. The van der Waals surface area contributed by atoms with Crippen LogP contribution in [0.3, 0.4) is 0 Å². The molecule has 0 saturated carbocycles. The number of rotatable bonds is 5. The monoisotopic (exact) mass is 310 g/mol. The third-order valence-corrected chi connectivity index (χ3v) is 3.94. The first-order valence-electron chi connectivity index (χ1n) is 6.53. The van der Waals surface area contributed by atoms with Crippen molar-refractivity contribution in [2.75, 3.05) is 0 Å². The average Bonchev–Trinajstić information content (AvgIpc) is 2.66. The maximum Gasteiger partial charge on any atom is 0.307 e. The van der Waals surface area contributed by atoms with Crippen molar-refractivity contribution in [3.8, 4) is 0 Å². The van der Waals surface area contributed by atoms with Crippen molar-refractivity contribution in [2.45, 2.75) is 19.8 Å². The highest BCUT2D eigenvalue weighted by atomic mass is 35.5. The molecule has 0 aliphatic carbocycles. The van der Waals surface area contributed by atoms with Gasteiger partial charge in [0.15, 0.2) is 0 Å². The number of carbonyl (C=O) groups is 1. The minimum absolute atomic E-state index is 0.281. The van der Waals surface area contributed by atoms with Crippen LogP contribution in [0, 0.1) is 18.7 Å². The summed E-state index contributed by atoms with van der Waals surface area (Å²) in [5.74, 6) is -1.88. The molecule has 0 fully saturated rings. The molecule has 1 aromatic heterocycles. The van der Waals surface area contributed by atoms with Crippen molar-refractivity contribution in [2.24, 2.45) is 13.0 Å². The maximum atomic E-state index is 12.9. The molecule has 112 valence electrons. The summed E-state index contributed by atoms with van der Waals surface area (Å²) < 4.78 is 14.5. The fraction of sp³-hybridized carbons (Fsp3) is 0.333. The molecule has 21 heavy (non-hydrogen) atoms. The second-order valence-electron chi connectivity index (χ2n) is 5.04. The lowest BCUT2D eigenvalue weighted by Crippen LogP contribution is -2.20. The van der Waals surface area contributed by atoms with Gasteiger partial charge >= 0.3 is 5.97 Å². The van der Waals surface area contributed by atoms with Crippen molar-refractivity contribution in [1.29, 1.82) is 0 Å². The lowest BCUT2D eigenvalue weighted by molar-refractivity contribution is -0.141. The van der Waals surface area contributed by atoms with E-state index >= 15 is 0 Å². The van der Waals surface area contributed by atoms with E-state index in [2.05, 4.69) is 5.10 Å². The zero-order valence-corrected chi connectivity index (χ0v) is 12.6. The fourth-order valence-electron chi connectivity index (χ4n) is 2.29. The number of aryl methyl sites for hydroxylation is 2. The van der Waals surface area contributed by atoms with Crippen LogP contribution < -0.4 is 0 Å². The standard InChI is InChI=1S/C15H16ClFN2O2/c1-9-14(16)13(19(2)18-9)8-11(15(20)21)7-10-3-5-12(17)6-4-10/h3-6,11H,7-8H2,1-2H3,(H,20,21). The summed E-state index contributed by atoms with van der Waals surface area (Å²) in [6, 6.07) is 5.85. The Bertz CT molecular complexity index is 652. The molecule has 0 saturated heterocycles. The molecule has 4 nitrogen and oxygen atoms in total. The van der Waals surface area contributed by atoms with Crippen molar-refractivity contribution in [3.05, 3.63) is 52.1 Å². The number of carboxylic acid groups (broad SMARTS) is 1. The van der Waals surface area contributed by atoms with Gasteiger partial charge in [0.1, 0.15) is 5.82 Å². The number of aromatic nitrogens is 2. The lowest BCUT2D eigenvalue weighted by Gasteiger charge is -2.13. The van der Waals surface area contributed by atoms with Gasteiger partial charge in [-0.25, -0.2) is 4.39 Å². The molecule has 1 atom stereocenters. The first-order valence-corrected chi connectivity index (χ1v) is 6.91. The predicted octanol–water partition coefficient (Wildman–Crippen LogP) is 3.01. The molecule has 2 aromatic rings. The van der Waals surface area contributed by atoms with Crippen LogP contribution in [0.25, 0.3) is 0 Å². The SMILES string of the molecule is Cc1nn(C)c(CC(Cc2ccc(F)cc2)C(=O)O)c1Cl. The topological polar surface area (TPSA) is 55.1 Å². The largest absolute Gasteiger partial charge is 0.481 e. The van der Waals surface area contributed by atoms with Crippen LogP contribution >= 0.6 is 11.6 Å². The van der Waals surface area contributed by atoms with Gasteiger partial charge in [-0.3, -0.25) is 9.48 Å². The van der Waals surface area contributed by atoms with E-state index < -0.39 is 11.9 Å². The zero-order valence-electron chi connectivity index (χ0n) is 11.8. The van der Waals surface area contributed by atoms with Gasteiger partial charge in [0, 0.05) is 13.5 Å². The molecule has 1 unspecified atom stereocenters. The fourth-order valence-corrected chi connectivity index (χ4v) is 2.52. The predicted molar refractivity (Wildman–Crippen MR) is 77.9 cm³/mol. The molecule has 0 spiro atoms. The Labute approximate surface area is 127 Å². The third kappa shape index (κ3) is 3.61. The van der Waals surface area contributed by atoms with Crippen molar-refractivity contribution in [3.63, 3.8) is 0 Å². The molecule has 0 amide bonds. The van der Waals surface area contributed by atoms with E-state index in [0.717, 1.165) is 5.56 Å². The van der Waals surface area contributed by atoms with Crippen LogP contribution in [0.5, 0.6) is 0 Å². The summed E-state index contributed by atoms with van der Waals surface area (Å²) in [5, 5.41) is 14.1. The van der Waals surface area contributed by atoms with Crippen LogP contribution in [0.15, 0.2) is 24.3 Å². The number of aliphatic carboxylic acids is 1. The first kappa shape index (κ1) is 15.5. The smallest absolute Gasteiger partial charge is 0.307 e. The van der Waals surface area contributed by atoms with E-state index in [1.807, 2.05) is 0 Å². The molecule has 0 bridgehead atoms. The minimum Gasteiger partial charge on any atom is -0.481 e. The molecular formula is C15H16ClFN2O2. The second kappa shape index (κ2) is 6.26. The van der Waals surface area contributed by atoms with E-state index in [1.165, 1.54) is 12.1 Å². The highest BCUT2D eigenvalue weighted by molar-refractivity contribution is 6.31. The van der Waals surface area contributed by atoms with Gasteiger partial charge in [-0.05, 0) is 31.0 Å². The number of hydrogen-bond donors (Lipinski definition) is 1. The van der Waals surface area contributed by atoms with Crippen LogP contribution in [0.4, 0.5) is 4.39 Å². The summed E-state index contributed by atoms with van der Waals surface area (Å²) in [5.41, 5.74) is 2.16. The molecular weight excluding hydrogens is 295 g/mol. The van der Waals surface area contributed by atoms with E-state index in [0.29, 0.717) is 22.8 Å². The van der Waals surface area contributed by atoms with Gasteiger partial charge in [0.2, 0.25) is 0 Å². The molecule has 1 heterocycles. The van der Waals surface area contributed by atoms with Crippen LogP contribution in [0.2, 0.25) is 5.02 Å². The number of benzene rings is 1. The Kier molecular flexibility index (Phi) is 4.63. The Hall–Kier alpha value is -1.88. The second-order valence-corrected chi connectivity index (χ2v) is 5.42. The molecule has 0 aliphatic heterocycles. The van der Waals surface area contributed by atoms with Crippen LogP contribution in [-0.4, -0.2) is 20.9 Å². The van der Waals surface area contributed by atoms with E-state index in [-0.39, 0.29) is 12.2 Å². The number of nitrogens with zero attached hydrogens (tertiary/aromatic N) is 2. The van der Waals surface area contributed by atoms with E-state index in [4.69, 9.17) is 11.6 Å². The van der Waals surface area contributed by atoms with Gasteiger partial charge in [0.25, 0.3) is 0 Å². The summed E-state index contributed by atoms with van der Waals surface area (Å²) in [6.45, 7) is 1.78. The van der Waals surface area contributed by atoms with Gasteiger partial charge in [-0.1, -0.05) is 23.7 Å². The van der Waals surface area contributed by atoms with Gasteiger partial charge in [0.05, 0.1) is 22.3 Å². The highest BCUT2D eigenvalue weighted by Gasteiger charge is 2.23. The summed E-state index contributed by atoms with van der Waals surface area (Å²) in [7, 11) is 1.74. The average molecular weight is 311 g/mol. The molecule has 6 heteroatoms. The summed E-state index contributed by atoms with van der Waals surface area (Å²) in [4.78, 5) is 11.5. The van der Waals surface area contributed by atoms with Gasteiger partial charge in [-0.2, -0.15) is 5.10 Å². The lowest BCUT2D eigenvalue weighted by atomic mass is 9.94. The first-order chi connectivity index (χ1) is 9.88. The molecule has 1 aromatic carbocycles. The van der Waals surface area contributed by atoms with Crippen molar-refractivity contribution < 1.29 is 14.3 Å². The molecule has 1 N–H and O–H groups in total. The number of halogens is 2. The quantitative estimate of drug-likeness (QED) is 0.923. The van der Waals surface area contributed by atoms with E-state index in [9.17, 15) is 14.3 Å². The number of hydrogen-bond acceptors (Lipinski definition) is 2. The Morgan fingerprint density at radius 3 is 2.48 bits per heavy atom. The zero-order chi connectivity index (χ0) is 15.6. The maximum absolute atomic E-state index is 12.9. The highest BCUT2D eigenvalue weighted by Crippen LogP contribution is 2.24.